The minimum absolute atomic E-state index is 0.0876. The van der Waals surface area contributed by atoms with Gasteiger partial charge in [-0.05, 0) is 37.1 Å². The third kappa shape index (κ3) is 4.09. The third-order valence-electron chi connectivity index (χ3n) is 4.96. The molecule has 3 aromatic rings. The van der Waals surface area contributed by atoms with Crippen molar-refractivity contribution < 1.29 is 14.1 Å². The highest BCUT2D eigenvalue weighted by atomic mass is 16.4. The van der Waals surface area contributed by atoms with Crippen LogP contribution in [0.25, 0.3) is 11.0 Å². The van der Waals surface area contributed by atoms with E-state index in [1.165, 1.54) is 4.90 Å². The molecule has 2 N–H and O–H groups in total. The molecule has 5 nitrogen and oxygen atoms in total. The quantitative estimate of drug-likeness (QED) is 0.680. The van der Waals surface area contributed by atoms with Gasteiger partial charge in [-0.1, -0.05) is 24.3 Å². The SMILES string of the molecule is CNC(=O)c1ccc(C[NH+](C)Cc2cc(=O)oc3c(C)c(C)ccc23)cc1. The van der Waals surface area contributed by atoms with E-state index in [4.69, 9.17) is 4.42 Å². The zero-order valence-corrected chi connectivity index (χ0v) is 16.2. The van der Waals surface area contributed by atoms with E-state index < -0.39 is 0 Å². The van der Waals surface area contributed by atoms with Crippen molar-refractivity contribution >= 4 is 16.9 Å². The van der Waals surface area contributed by atoms with E-state index in [0.717, 1.165) is 34.2 Å². The van der Waals surface area contributed by atoms with Gasteiger partial charge in [0.15, 0.2) is 0 Å². The van der Waals surface area contributed by atoms with E-state index in [9.17, 15) is 9.59 Å². The summed E-state index contributed by atoms with van der Waals surface area (Å²) >= 11 is 0. The number of benzene rings is 2. The molecule has 140 valence electrons. The normalized spacial score (nSPS) is 12.1. The van der Waals surface area contributed by atoms with Gasteiger partial charge in [0, 0.05) is 35.2 Å². The highest BCUT2D eigenvalue weighted by Crippen LogP contribution is 2.22. The van der Waals surface area contributed by atoms with Gasteiger partial charge in [0.1, 0.15) is 18.7 Å². The molecule has 0 bridgehead atoms. The van der Waals surface area contributed by atoms with Gasteiger partial charge >= 0.3 is 5.63 Å². The predicted molar refractivity (Wildman–Crippen MR) is 106 cm³/mol. The van der Waals surface area contributed by atoms with Crippen LogP contribution in [-0.4, -0.2) is 20.0 Å². The number of hydrogen-bond donors (Lipinski definition) is 2. The summed E-state index contributed by atoms with van der Waals surface area (Å²) in [5.41, 5.74) is 5.27. The van der Waals surface area contributed by atoms with Crippen LogP contribution in [0.5, 0.6) is 0 Å². The number of rotatable bonds is 5. The maximum Gasteiger partial charge on any atom is 0.336 e. The summed E-state index contributed by atoms with van der Waals surface area (Å²) in [6.45, 7) is 5.50. The number of nitrogens with one attached hydrogen (secondary N) is 2. The van der Waals surface area contributed by atoms with Crippen molar-refractivity contribution in [2.24, 2.45) is 0 Å². The van der Waals surface area contributed by atoms with Gasteiger partial charge in [0.05, 0.1) is 7.05 Å². The second-order valence-corrected chi connectivity index (χ2v) is 7.06. The van der Waals surface area contributed by atoms with Gasteiger partial charge in [-0.3, -0.25) is 4.79 Å². The smallest absolute Gasteiger partial charge is 0.336 e. The Kier molecular flexibility index (Phi) is 5.42. The van der Waals surface area contributed by atoms with Crippen molar-refractivity contribution in [1.29, 1.82) is 0 Å². The summed E-state index contributed by atoms with van der Waals surface area (Å²) < 4.78 is 5.46. The lowest BCUT2D eigenvalue weighted by molar-refractivity contribution is -0.907. The van der Waals surface area contributed by atoms with Crippen molar-refractivity contribution in [2.45, 2.75) is 26.9 Å². The molecule has 27 heavy (non-hydrogen) atoms. The second-order valence-electron chi connectivity index (χ2n) is 7.06. The first-order chi connectivity index (χ1) is 12.9. The standard InChI is InChI=1S/C22H24N2O3/c1-14-5-10-19-18(11-20(25)27-21(19)15(14)2)13-24(4)12-16-6-8-17(9-7-16)22(26)23-3/h5-11H,12-13H2,1-4H3,(H,23,26)/p+1. The van der Waals surface area contributed by atoms with Gasteiger partial charge in [-0.25, -0.2) is 4.79 Å². The van der Waals surface area contributed by atoms with Crippen molar-refractivity contribution in [2.75, 3.05) is 14.1 Å². The van der Waals surface area contributed by atoms with E-state index in [-0.39, 0.29) is 11.5 Å². The van der Waals surface area contributed by atoms with Crippen LogP contribution in [0.2, 0.25) is 0 Å². The first-order valence-corrected chi connectivity index (χ1v) is 9.04. The molecular formula is C22H25N2O3+. The van der Waals surface area contributed by atoms with Crippen LogP contribution in [0.3, 0.4) is 0 Å². The Labute approximate surface area is 158 Å². The molecule has 2 aromatic carbocycles. The maximum absolute atomic E-state index is 12.0. The Bertz CT molecular complexity index is 1040. The molecule has 0 saturated carbocycles. The fourth-order valence-electron chi connectivity index (χ4n) is 3.33. The Hall–Kier alpha value is -2.92. The average Bonchev–Trinajstić information content (AvgIpc) is 2.65. The van der Waals surface area contributed by atoms with Gasteiger partial charge in [0.25, 0.3) is 5.91 Å². The molecule has 0 saturated heterocycles. The maximum atomic E-state index is 12.0. The van der Waals surface area contributed by atoms with E-state index in [1.54, 1.807) is 13.1 Å². The van der Waals surface area contributed by atoms with Crippen LogP contribution in [0.1, 0.15) is 32.6 Å². The summed E-state index contributed by atoms with van der Waals surface area (Å²) in [7, 11) is 3.71. The van der Waals surface area contributed by atoms with Crippen molar-refractivity contribution in [3.8, 4) is 0 Å². The van der Waals surface area contributed by atoms with Gasteiger partial charge in [-0.2, -0.15) is 0 Å². The van der Waals surface area contributed by atoms with E-state index >= 15 is 0 Å². The van der Waals surface area contributed by atoms with Crippen molar-refractivity contribution in [3.63, 3.8) is 0 Å². The summed E-state index contributed by atoms with van der Waals surface area (Å²) in [4.78, 5) is 24.9. The molecule has 0 aliphatic heterocycles. The molecule has 1 unspecified atom stereocenters. The number of carbonyl (C=O) groups is 1. The molecule has 3 rings (SSSR count). The lowest BCUT2D eigenvalue weighted by Crippen LogP contribution is -3.06. The zero-order valence-electron chi connectivity index (χ0n) is 16.2. The number of amides is 1. The molecule has 1 atom stereocenters. The van der Waals surface area contributed by atoms with Crippen LogP contribution in [0, 0.1) is 13.8 Å². The lowest BCUT2D eigenvalue weighted by atomic mass is 10.0. The Morgan fingerprint density at radius 3 is 2.44 bits per heavy atom. The average molecular weight is 365 g/mol. The number of hydrogen-bond acceptors (Lipinski definition) is 3. The number of quaternary nitrogens is 1. The molecule has 1 heterocycles. The first-order valence-electron chi connectivity index (χ1n) is 9.04. The largest absolute Gasteiger partial charge is 0.422 e. The lowest BCUT2D eigenvalue weighted by Gasteiger charge is -2.16. The molecule has 0 aliphatic rings. The molecule has 0 fully saturated rings. The third-order valence-corrected chi connectivity index (χ3v) is 4.96. The summed E-state index contributed by atoms with van der Waals surface area (Å²) in [6.07, 6.45) is 0. The van der Waals surface area contributed by atoms with Crippen LogP contribution in [0.15, 0.2) is 51.7 Å². The highest BCUT2D eigenvalue weighted by molar-refractivity contribution is 5.93. The van der Waals surface area contributed by atoms with Crippen LogP contribution >= 0.6 is 0 Å². The summed E-state index contributed by atoms with van der Waals surface area (Å²) in [5.74, 6) is -0.0876. The second kappa shape index (κ2) is 7.76. The van der Waals surface area contributed by atoms with Gasteiger partial charge in [-0.15, -0.1) is 0 Å². The van der Waals surface area contributed by atoms with Crippen LogP contribution < -0.4 is 15.8 Å². The fraction of sp³-hybridized carbons (Fsp3) is 0.273. The zero-order chi connectivity index (χ0) is 19.6. The molecule has 0 spiro atoms. The Morgan fingerprint density at radius 2 is 1.78 bits per heavy atom. The molecular weight excluding hydrogens is 340 g/mol. The van der Waals surface area contributed by atoms with Crippen molar-refractivity contribution in [1.82, 2.24) is 5.32 Å². The highest BCUT2D eigenvalue weighted by Gasteiger charge is 2.14. The van der Waals surface area contributed by atoms with E-state index in [1.807, 2.05) is 44.2 Å². The van der Waals surface area contributed by atoms with Gasteiger partial charge < -0.3 is 14.6 Å². The van der Waals surface area contributed by atoms with E-state index in [0.29, 0.717) is 17.7 Å². The van der Waals surface area contributed by atoms with Crippen LogP contribution in [0.4, 0.5) is 0 Å². The minimum atomic E-state index is -0.311. The number of carbonyl (C=O) groups excluding carboxylic acids is 1. The molecule has 5 heteroatoms. The summed E-state index contributed by atoms with van der Waals surface area (Å²) in [6, 6.07) is 13.3. The van der Waals surface area contributed by atoms with E-state index in [2.05, 4.69) is 18.4 Å². The molecule has 1 amide bonds. The molecule has 0 aliphatic carbocycles. The van der Waals surface area contributed by atoms with Crippen molar-refractivity contribution in [3.05, 3.63) is 80.7 Å². The fourth-order valence-corrected chi connectivity index (χ4v) is 3.33. The monoisotopic (exact) mass is 365 g/mol. The number of fused-ring (bicyclic) bond motifs is 1. The minimum Gasteiger partial charge on any atom is -0.422 e. The molecule has 1 aromatic heterocycles. The van der Waals surface area contributed by atoms with Gasteiger partial charge in [0.2, 0.25) is 0 Å². The summed E-state index contributed by atoms with van der Waals surface area (Å²) in [5, 5.41) is 3.61. The topological polar surface area (TPSA) is 63.8 Å². The molecule has 0 radical (unpaired) electrons. The van der Waals surface area contributed by atoms with Crippen LogP contribution in [-0.2, 0) is 13.1 Å². The predicted octanol–water partition coefficient (Wildman–Crippen LogP) is 1.98. The Morgan fingerprint density at radius 1 is 1.07 bits per heavy atom. The Balaban J connectivity index is 1.82. The first kappa shape index (κ1) is 18.9. The number of aryl methyl sites for hydroxylation is 2.